The number of ether oxygens (including phenoxy) is 2. The lowest BCUT2D eigenvalue weighted by atomic mass is 9.98. The highest BCUT2D eigenvalue weighted by Gasteiger charge is 2.42. The monoisotopic (exact) mass is 518 g/mol. The minimum Gasteiger partial charge on any atom is -0.497 e. The van der Waals surface area contributed by atoms with Gasteiger partial charge in [-0.25, -0.2) is 0 Å². The molecule has 8 heteroatoms. The van der Waals surface area contributed by atoms with Crippen LogP contribution in [0.3, 0.4) is 0 Å². The first-order chi connectivity index (χ1) is 17.9. The number of nitrogens with zero attached hydrogens (tertiary/aromatic N) is 2. The average Bonchev–Trinajstić information content (AvgIpc) is 3.18. The third-order valence-electron chi connectivity index (χ3n) is 6.48. The molecule has 37 heavy (non-hydrogen) atoms. The molecule has 1 aliphatic heterocycles. The van der Waals surface area contributed by atoms with Crippen LogP contribution in [0.15, 0.2) is 75.9 Å². The lowest BCUT2D eigenvalue weighted by molar-refractivity contribution is 0.0716. The molecule has 1 atom stereocenters. The molecule has 1 amide bonds. The first-order valence-electron chi connectivity index (χ1n) is 11.9. The summed E-state index contributed by atoms with van der Waals surface area (Å²) in [4.78, 5) is 30.9. The molecule has 0 bridgehead atoms. The lowest BCUT2D eigenvalue weighted by Crippen LogP contribution is -2.35. The van der Waals surface area contributed by atoms with Crippen LogP contribution in [-0.4, -0.2) is 50.0 Å². The Hall–Kier alpha value is -3.81. The molecule has 7 nitrogen and oxygen atoms in total. The van der Waals surface area contributed by atoms with Gasteiger partial charge in [0.1, 0.15) is 23.7 Å². The lowest BCUT2D eigenvalue weighted by Gasteiger charge is -2.26. The summed E-state index contributed by atoms with van der Waals surface area (Å²) in [6, 6.07) is 19.4. The van der Waals surface area contributed by atoms with Crippen molar-refractivity contribution in [2.45, 2.75) is 12.6 Å². The molecule has 1 unspecified atom stereocenters. The van der Waals surface area contributed by atoms with E-state index in [1.165, 1.54) is 0 Å². The van der Waals surface area contributed by atoms with E-state index in [0.717, 1.165) is 11.1 Å². The summed E-state index contributed by atoms with van der Waals surface area (Å²) in [6.07, 6.45) is 0. The molecule has 0 saturated heterocycles. The van der Waals surface area contributed by atoms with E-state index in [1.807, 2.05) is 67.5 Å². The Balaban J connectivity index is 1.50. The van der Waals surface area contributed by atoms with Gasteiger partial charge in [0, 0.05) is 24.2 Å². The van der Waals surface area contributed by atoms with Gasteiger partial charge in [0.25, 0.3) is 5.91 Å². The Morgan fingerprint density at radius 2 is 1.68 bits per heavy atom. The van der Waals surface area contributed by atoms with Gasteiger partial charge >= 0.3 is 0 Å². The quantitative estimate of drug-likeness (QED) is 0.321. The van der Waals surface area contributed by atoms with Gasteiger partial charge in [0.15, 0.2) is 5.43 Å². The van der Waals surface area contributed by atoms with Crippen molar-refractivity contribution in [2.24, 2.45) is 0 Å². The molecule has 0 spiro atoms. The number of likely N-dealkylation sites (N-methyl/N-ethyl adjacent to an activating group) is 1. The van der Waals surface area contributed by atoms with Gasteiger partial charge < -0.3 is 23.7 Å². The number of hydrogen-bond donors (Lipinski definition) is 0. The number of carbonyl (C=O) groups is 1. The topological polar surface area (TPSA) is 72.2 Å². The van der Waals surface area contributed by atoms with Crippen LogP contribution in [0.2, 0.25) is 5.02 Å². The smallest absolute Gasteiger partial charge is 0.290 e. The van der Waals surface area contributed by atoms with E-state index in [2.05, 4.69) is 0 Å². The molecule has 5 rings (SSSR count). The SMILES string of the molecule is COc1ccc2c(=O)c3c(oc2c1)C(=O)N(CCN(C)C)C3c1ccc(OCc2ccc(Cl)cc2)cc1. The maximum Gasteiger partial charge on any atom is 0.290 e. The Labute approximate surface area is 219 Å². The molecule has 4 aromatic rings. The molecule has 0 saturated carbocycles. The number of amides is 1. The van der Waals surface area contributed by atoms with E-state index in [0.29, 0.717) is 52.8 Å². The maximum absolute atomic E-state index is 13.7. The molecule has 3 aromatic carbocycles. The number of fused-ring (bicyclic) bond motifs is 2. The summed E-state index contributed by atoms with van der Waals surface area (Å²) in [7, 11) is 5.43. The van der Waals surface area contributed by atoms with E-state index in [9.17, 15) is 9.59 Å². The number of hydrogen-bond acceptors (Lipinski definition) is 6. The molecular formula is C29H27ClN2O5. The van der Waals surface area contributed by atoms with Gasteiger partial charge in [-0.3, -0.25) is 9.59 Å². The summed E-state index contributed by atoms with van der Waals surface area (Å²) < 4.78 is 17.2. The second-order valence-corrected chi connectivity index (χ2v) is 9.66. The van der Waals surface area contributed by atoms with Crippen molar-refractivity contribution < 1.29 is 18.7 Å². The molecule has 0 aliphatic carbocycles. The van der Waals surface area contributed by atoms with Gasteiger partial charge in [-0.05, 0) is 61.6 Å². The van der Waals surface area contributed by atoms with Crippen LogP contribution in [0.4, 0.5) is 0 Å². The fourth-order valence-corrected chi connectivity index (χ4v) is 4.63. The normalized spacial score (nSPS) is 14.9. The van der Waals surface area contributed by atoms with Crippen LogP contribution >= 0.6 is 11.6 Å². The zero-order chi connectivity index (χ0) is 26.1. The van der Waals surface area contributed by atoms with E-state index in [1.54, 1.807) is 30.2 Å². The second kappa shape index (κ2) is 10.3. The number of rotatable bonds is 8. The van der Waals surface area contributed by atoms with Crippen LogP contribution in [-0.2, 0) is 6.61 Å². The summed E-state index contributed by atoms with van der Waals surface area (Å²) >= 11 is 5.96. The van der Waals surface area contributed by atoms with Crippen molar-refractivity contribution in [1.82, 2.24) is 9.80 Å². The molecule has 0 radical (unpaired) electrons. The first-order valence-corrected chi connectivity index (χ1v) is 12.3. The van der Waals surface area contributed by atoms with Crippen LogP contribution in [0.1, 0.15) is 33.3 Å². The Bertz CT molecular complexity index is 1500. The number of methoxy groups -OCH3 is 1. The number of halogens is 1. The van der Waals surface area contributed by atoms with E-state index < -0.39 is 6.04 Å². The van der Waals surface area contributed by atoms with Crippen molar-refractivity contribution in [3.8, 4) is 11.5 Å². The fourth-order valence-electron chi connectivity index (χ4n) is 4.50. The highest BCUT2D eigenvalue weighted by Crippen LogP contribution is 2.38. The summed E-state index contributed by atoms with van der Waals surface area (Å²) in [5.74, 6) is 1.02. The summed E-state index contributed by atoms with van der Waals surface area (Å²) in [5, 5.41) is 1.09. The highest BCUT2D eigenvalue weighted by molar-refractivity contribution is 6.30. The third-order valence-corrected chi connectivity index (χ3v) is 6.73. The number of carbonyl (C=O) groups excluding carboxylic acids is 1. The summed E-state index contributed by atoms with van der Waals surface area (Å²) in [5.41, 5.74) is 2.28. The Morgan fingerprint density at radius 1 is 0.973 bits per heavy atom. The Kier molecular flexibility index (Phi) is 6.91. The van der Waals surface area contributed by atoms with Crippen molar-refractivity contribution in [3.05, 3.63) is 104 Å². The van der Waals surface area contributed by atoms with E-state index >= 15 is 0 Å². The second-order valence-electron chi connectivity index (χ2n) is 9.22. The zero-order valence-electron chi connectivity index (χ0n) is 20.9. The minimum absolute atomic E-state index is 0.0811. The largest absolute Gasteiger partial charge is 0.497 e. The maximum atomic E-state index is 13.7. The van der Waals surface area contributed by atoms with Crippen LogP contribution in [0, 0.1) is 0 Å². The van der Waals surface area contributed by atoms with Gasteiger partial charge in [0.2, 0.25) is 5.76 Å². The molecule has 2 heterocycles. The fraction of sp³-hybridized carbons (Fsp3) is 0.241. The first kappa shape index (κ1) is 24.9. The van der Waals surface area contributed by atoms with Crippen LogP contribution < -0.4 is 14.9 Å². The van der Waals surface area contributed by atoms with Crippen molar-refractivity contribution >= 4 is 28.5 Å². The van der Waals surface area contributed by atoms with Gasteiger partial charge in [-0.1, -0.05) is 35.9 Å². The van der Waals surface area contributed by atoms with Crippen molar-refractivity contribution in [2.75, 3.05) is 34.3 Å². The average molecular weight is 519 g/mol. The van der Waals surface area contributed by atoms with Gasteiger partial charge in [-0.2, -0.15) is 0 Å². The molecule has 0 fully saturated rings. The molecule has 1 aromatic heterocycles. The Morgan fingerprint density at radius 3 is 2.35 bits per heavy atom. The highest BCUT2D eigenvalue weighted by atomic mass is 35.5. The zero-order valence-corrected chi connectivity index (χ0v) is 21.6. The predicted octanol–water partition coefficient (Wildman–Crippen LogP) is 5.14. The van der Waals surface area contributed by atoms with Crippen molar-refractivity contribution in [3.63, 3.8) is 0 Å². The van der Waals surface area contributed by atoms with Crippen molar-refractivity contribution in [1.29, 1.82) is 0 Å². The summed E-state index contributed by atoms with van der Waals surface area (Å²) in [6.45, 7) is 1.48. The minimum atomic E-state index is -0.560. The van der Waals surface area contributed by atoms with E-state index in [4.69, 9.17) is 25.5 Å². The molecule has 0 N–H and O–H groups in total. The molecule has 190 valence electrons. The van der Waals surface area contributed by atoms with E-state index in [-0.39, 0.29) is 17.1 Å². The molecule has 1 aliphatic rings. The third kappa shape index (κ3) is 4.92. The predicted molar refractivity (Wildman–Crippen MR) is 143 cm³/mol. The number of benzene rings is 3. The van der Waals surface area contributed by atoms with Gasteiger partial charge in [0.05, 0.1) is 24.1 Å². The standard InChI is InChI=1S/C29H27ClN2O5/c1-31(2)14-15-32-26(19-6-10-21(11-7-19)36-17-18-4-8-20(30)9-5-18)25-27(33)23-13-12-22(35-3)16-24(23)37-28(25)29(32)34/h4-13,16,26H,14-15,17H2,1-3H3. The molecular weight excluding hydrogens is 492 g/mol. The van der Waals surface area contributed by atoms with Gasteiger partial charge in [-0.15, -0.1) is 0 Å². The van der Waals surface area contributed by atoms with Crippen LogP contribution in [0.5, 0.6) is 11.5 Å². The van der Waals surface area contributed by atoms with Crippen LogP contribution in [0.25, 0.3) is 11.0 Å².